The lowest BCUT2D eigenvalue weighted by molar-refractivity contribution is -0.118. The molecule has 0 atom stereocenters. The maximum Gasteiger partial charge on any atom is 0.264 e. The van der Waals surface area contributed by atoms with Crippen LogP contribution in [0.1, 0.15) is 30.9 Å². The second kappa shape index (κ2) is 9.67. The first-order valence-electron chi connectivity index (χ1n) is 9.74. The lowest BCUT2D eigenvalue weighted by atomic mass is 9.88. The highest BCUT2D eigenvalue weighted by molar-refractivity contribution is 7.90. The monoisotopic (exact) mass is 476 g/mol. The summed E-state index contributed by atoms with van der Waals surface area (Å²) in [6, 6.07) is 11.4. The Balaban J connectivity index is 2.00. The molecule has 32 heavy (non-hydrogen) atoms. The zero-order chi connectivity index (χ0) is 23.5. The van der Waals surface area contributed by atoms with E-state index in [0.717, 1.165) is 0 Å². The number of benzene rings is 2. The van der Waals surface area contributed by atoms with Gasteiger partial charge in [0, 0.05) is 17.3 Å². The van der Waals surface area contributed by atoms with Crippen molar-refractivity contribution in [3.05, 3.63) is 76.7 Å². The summed E-state index contributed by atoms with van der Waals surface area (Å²) in [6.07, 6.45) is 1.25. The second-order valence-electron chi connectivity index (χ2n) is 7.42. The number of hydrogen-bond donors (Lipinski definition) is 1. The predicted octanol–water partition coefficient (Wildman–Crippen LogP) is 4.72. The van der Waals surface area contributed by atoms with Crippen molar-refractivity contribution in [1.29, 1.82) is 0 Å². The Bertz CT molecular complexity index is 1250. The number of nitrogens with one attached hydrogen (secondary N) is 1. The normalized spacial score (nSPS) is 11.4. The number of methoxy groups -OCH3 is 1. The van der Waals surface area contributed by atoms with E-state index in [1.54, 1.807) is 12.1 Å². The first-order valence-corrected chi connectivity index (χ1v) is 11.6. The molecule has 3 aromatic rings. The summed E-state index contributed by atoms with van der Waals surface area (Å²) in [5.41, 5.74) is 2.20. The molecule has 0 saturated carbocycles. The van der Waals surface area contributed by atoms with Gasteiger partial charge in [-0.3, -0.25) is 4.79 Å². The molecule has 0 aliphatic heterocycles. The zero-order valence-electron chi connectivity index (χ0n) is 17.7. The summed E-state index contributed by atoms with van der Waals surface area (Å²) in [7, 11) is -2.62. The Hall–Kier alpha value is -2.97. The first-order chi connectivity index (χ1) is 15.1. The number of pyridine rings is 1. The van der Waals surface area contributed by atoms with E-state index in [0.29, 0.717) is 33.2 Å². The van der Waals surface area contributed by atoms with E-state index in [-0.39, 0.29) is 17.2 Å². The molecule has 9 heteroatoms. The minimum atomic E-state index is -4.09. The average molecular weight is 477 g/mol. The molecule has 0 spiro atoms. The molecule has 168 valence electrons. The highest BCUT2D eigenvalue weighted by atomic mass is 35.5. The van der Waals surface area contributed by atoms with Gasteiger partial charge in [-0.15, -0.1) is 0 Å². The van der Waals surface area contributed by atoms with Crippen molar-refractivity contribution in [1.82, 2.24) is 9.71 Å². The van der Waals surface area contributed by atoms with E-state index in [1.807, 2.05) is 13.8 Å². The molecule has 3 rings (SSSR count). The van der Waals surface area contributed by atoms with E-state index in [4.69, 9.17) is 16.3 Å². The Morgan fingerprint density at radius 1 is 1.16 bits per heavy atom. The number of aromatic nitrogens is 1. The Labute approximate surface area is 191 Å². The zero-order valence-corrected chi connectivity index (χ0v) is 19.3. The molecule has 0 radical (unpaired) electrons. The van der Waals surface area contributed by atoms with Gasteiger partial charge in [0.15, 0.2) is 0 Å². The van der Waals surface area contributed by atoms with Crippen molar-refractivity contribution in [2.24, 2.45) is 0 Å². The largest absolute Gasteiger partial charge is 0.481 e. The minimum absolute atomic E-state index is 0.0856. The van der Waals surface area contributed by atoms with Crippen molar-refractivity contribution in [2.75, 3.05) is 7.11 Å². The molecular weight excluding hydrogens is 455 g/mol. The van der Waals surface area contributed by atoms with Gasteiger partial charge in [-0.25, -0.2) is 22.5 Å². The lowest BCUT2D eigenvalue weighted by Crippen LogP contribution is -2.32. The molecule has 0 saturated heterocycles. The van der Waals surface area contributed by atoms with Crippen LogP contribution in [0.25, 0.3) is 11.1 Å². The number of amides is 1. The van der Waals surface area contributed by atoms with E-state index >= 15 is 0 Å². The topological polar surface area (TPSA) is 85.4 Å². The second-order valence-corrected chi connectivity index (χ2v) is 9.54. The molecule has 1 heterocycles. The number of halogens is 2. The van der Waals surface area contributed by atoms with Crippen LogP contribution >= 0.6 is 11.6 Å². The number of carbonyl (C=O) groups is 1. The van der Waals surface area contributed by atoms with Gasteiger partial charge in [-0.05, 0) is 70.6 Å². The van der Waals surface area contributed by atoms with Crippen molar-refractivity contribution in [3.8, 4) is 17.0 Å². The Morgan fingerprint density at radius 2 is 1.84 bits per heavy atom. The first kappa shape index (κ1) is 23.7. The summed E-state index contributed by atoms with van der Waals surface area (Å²) in [5.74, 6) is -0.976. The molecule has 1 aromatic heterocycles. The van der Waals surface area contributed by atoms with Crippen LogP contribution in [-0.4, -0.2) is 26.4 Å². The van der Waals surface area contributed by atoms with Crippen molar-refractivity contribution >= 4 is 27.5 Å². The predicted molar refractivity (Wildman–Crippen MR) is 121 cm³/mol. The number of sulfonamides is 1. The SMILES string of the molecule is COc1cc(-c2cc(F)cc(C(C)C)c2CC(=O)NS(=O)(=O)c2ccc(Cl)cc2)ccn1. The third kappa shape index (κ3) is 5.44. The van der Waals surface area contributed by atoms with Crippen LogP contribution < -0.4 is 9.46 Å². The van der Waals surface area contributed by atoms with Crippen LogP contribution in [0, 0.1) is 5.82 Å². The molecule has 0 aliphatic carbocycles. The maximum atomic E-state index is 14.4. The number of nitrogens with zero attached hydrogens (tertiary/aromatic N) is 1. The summed E-state index contributed by atoms with van der Waals surface area (Å²) < 4.78 is 46.9. The molecule has 2 aromatic carbocycles. The molecule has 0 fully saturated rings. The summed E-state index contributed by atoms with van der Waals surface area (Å²) in [6.45, 7) is 3.75. The smallest absolute Gasteiger partial charge is 0.264 e. The molecule has 1 amide bonds. The summed E-state index contributed by atoms with van der Waals surface area (Å²) in [5, 5.41) is 0.376. The highest BCUT2D eigenvalue weighted by Gasteiger charge is 2.22. The van der Waals surface area contributed by atoms with Crippen LogP contribution in [0.5, 0.6) is 5.88 Å². The highest BCUT2D eigenvalue weighted by Crippen LogP contribution is 2.33. The average Bonchev–Trinajstić information content (AvgIpc) is 2.74. The molecule has 1 N–H and O–H groups in total. The molecule has 0 aliphatic rings. The van der Waals surface area contributed by atoms with Crippen LogP contribution in [0.4, 0.5) is 4.39 Å². The lowest BCUT2D eigenvalue weighted by Gasteiger charge is -2.18. The number of carbonyl (C=O) groups excluding carboxylic acids is 1. The van der Waals surface area contributed by atoms with Gasteiger partial charge in [-0.1, -0.05) is 25.4 Å². The van der Waals surface area contributed by atoms with E-state index in [1.165, 1.54) is 49.7 Å². The fourth-order valence-electron chi connectivity index (χ4n) is 3.34. The summed E-state index contributed by atoms with van der Waals surface area (Å²) >= 11 is 5.81. The van der Waals surface area contributed by atoms with Gasteiger partial charge in [0.05, 0.1) is 18.4 Å². The van der Waals surface area contributed by atoms with Crippen molar-refractivity contribution in [2.45, 2.75) is 31.1 Å². The fraction of sp³-hybridized carbons (Fsp3) is 0.217. The van der Waals surface area contributed by atoms with Crippen molar-refractivity contribution in [3.63, 3.8) is 0 Å². The molecule has 6 nitrogen and oxygen atoms in total. The Kier molecular flexibility index (Phi) is 7.16. The number of hydrogen-bond acceptors (Lipinski definition) is 5. The minimum Gasteiger partial charge on any atom is -0.481 e. The number of ether oxygens (including phenoxy) is 1. The Morgan fingerprint density at radius 3 is 2.47 bits per heavy atom. The van der Waals surface area contributed by atoms with Gasteiger partial charge < -0.3 is 4.74 Å². The van der Waals surface area contributed by atoms with Crippen molar-refractivity contribution < 1.29 is 22.3 Å². The van der Waals surface area contributed by atoms with Gasteiger partial charge in [0.2, 0.25) is 11.8 Å². The molecule has 0 bridgehead atoms. The van der Waals surface area contributed by atoms with Crippen LogP contribution in [-0.2, 0) is 21.2 Å². The van der Waals surface area contributed by atoms with Crippen LogP contribution in [0.15, 0.2) is 59.6 Å². The van der Waals surface area contributed by atoms with Gasteiger partial charge in [0.1, 0.15) is 5.82 Å². The van der Waals surface area contributed by atoms with Gasteiger partial charge in [-0.2, -0.15) is 0 Å². The van der Waals surface area contributed by atoms with Gasteiger partial charge >= 0.3 is 0 Å². The van der Waals surface area contributed by atoms with Gasteiger partial charge in [0.25, 0.3) is 10.0 Å². The van der Waals surface area contributed by atoms with E-state index in [2.05, 4.69) is 9.71 Å². The third-order valence-corrected chi connectivity index (χ3v) is 6.48. The third-order valence-electron chi connectivity index (χ3n) is 4.84. The number of rotatable bonds is 7. The quantitative estimate of drug-likeness (QED) is 0.533. The van der Waals surface area contributed by atoms with Crippen LogP contribution in [0.2, 0.25) is 5.02 Å². The fourth-order valence-corrected chi connectivity index (χ4v) is 4.45. The molecular formula is C23H22ClFN2O4S. The summed E-state index contributed by atoms with van der Waals surface area (Å²) in [4.78, 5) is 16.8. The van der Waals surface area contributed by atoms with Crippen LogP contribution in [0.3, 0.4) is 0 Å². The van der Waals surface area contributed by atoms with E-state index < -0.39 is 21.7 Å². The van der Waals surface area contributed by atoms with E-state index in [9.17, 15) is 17.6 Å². The molecule has 0 unspecified atom stereocenters. The standard InChI is InChI=1S/C23H22ClFN2O4S/c1-14(2)19-11-17(25)12-20(15-8-9-26-23(10-15)31-3)21(19)13-22(28)27-32(29,30)18-6-4-16(24)5-7-18/h4-12,14H,13H2,1-3H3,(H,27,28). The maximum absolute atomic E-state index is 14.4.